The van der Waals surface area contributed by atoms with Crippen molar-refractivity contribution in [3.63, 3.8) is 0 Å². The number of methoxy groups -OCH3 is 1. The highest BCUT2D eigenvalue weighted by Crippen LogP contribution is 2.17. The molecule has 0 fully saturated rings. The van der Waals surface area contributed by atoms with Gasteiger partial charge < -0.3 is 9.47 Å². The molecule has 0 heterocycles. The van der Waals surface area contributed by atoms with Gasteiger partial charge in [-0.25, -0.2) is 9.18 Å². The Labute approximate surface area is 96.1 Å². The number of hydrogen-bond donors (Lipinski definition) is 0. The highest BCUT2D eigenvalue weighted by Gasteiger charge is 2.17. The van der Waals surface area contributed by atoms with Crippen LogP contribution in [0.1, 0.15) is 10.4 Å². The van der Waals surface area contributed by atoms with Crippen LogP contribution >= 0.6 is 0 Å². The largest absolute Gasteiger partial charge is 0.460 e. The van der Waals surface area contributed by atoms with Crippen LogP contribution in [0, 0.1) is 15.9 Å². The second kappa shape index (κ2) is 5.90. The summed E-state index contributed by atoms with van der Waals surface area (Å²) in [5.41, 5.74) is -0.833. The summed E-state index contributed by atoms with van der Waals surface area (Å²) >= 11 is 0. The molecule has 0 aromatic heterocycles. The molecule has 1 aromatic carbocycles. The van der Waals surface area contributed by atoms with Gasteiger partial charge in [-0.15, -0.1) is 0 Å². The monoisotopic (exact) mass is 243 g/mol. The Morgan fingerprint density at radius 2 is 2.18 bits per heavy atom. The molecule has 0 atom stereocenters. The van der Waals surface area contributed by atoms with E-state index in [0.717, 1.165) is 18.2 Å². The molecule has 6 nitrogen and oxygen atoms in total. The summed E-state index contributed by atoms with van der Waals surface area (Å²) in [7, 11) is 1.42. The minimum absolute atomic E-state index is 0.0442. The number of ether oxygens (including phenoxy) is 2. The molecule has 1 rings (SSSR count). The fraction of sp³-hybridized carbons (Fsp3) is 0.300. The van der Waals surface area contributed by atoms with E-state index in [0.29, 0.717) is 0 Å². The Morgan fingerprint density at radius 3 is 2.76 bits per heavy atom. The molecule has 7 heteroatoms. The predicted molar refractivity (Wildman–Crippen MR) is 55.2 cm³/mol. The number of esters is 1. The van der Waals surface area contributed by atoms with Gasteiger partial charge in [0.2, 0.25) is 0 Å². The molecule has 0 aliphatic carbocycles. The number of nitro benzene ring substituents is 1. The Bertz CT molecular complexity index is 435. The van der Waals surface area contributed by atoms with Crippen LogP contribution in [-0.4, -0.2) is 31.2 Å². The van der Waals surface area contributed by atoms with Gasteiger partial charge in [0.1, 0.15) is 18.0 Å². The number of rotatable bonds is 5. The molecule has 0 radical (unpaired) electrons. The Kier molecular flexibility index (Phi) is 4.53. The zero-order valence-corrected chi connectivity index (χ0v) is 9.01. The number of carbonyl (C=O) groups is 1. The minimum Gasteiger partial charge on any atom is -0.460 e. The van der Waals surface area contributed by atoms with Gasteiger partial charge in [0.15, 0.2) is 0 Å². The van der Waals surface area contributed by atoms with Crippen molar-refractivity contribution in [2.45, 2.75) is 0 Å². The van der Waals surface area contributed by atoms with Crippen LogP contribution in [-0.2, 0) is 9.47 Å². The average Bonchev–Trinajstić information content (AvgIpc) is 2.29. The molecule has 17 heavy (non-hydrogen) atoms. The smallest absolute Gasteiger partial charge is 0.341 e. The van der Waals surface area contributed by atoms with Gasteiger partial charge in [0.25, 0.3) is 5.69 Å². The van der Waals surface area contributed by atoms with Crippen molar-refractivity contribution in [2.24, 2.45) is 0 Å². The van der Waals surface area contributed by atoms with Gasteiger partial charge in [0, 0.05) is 19.2 Å². The third-order valence-electron chi connectivity index (χ3n) is 1.90. The van der Waals surface area contributed by atoms with E-state index in [2.05, 4.69) is 9.47 Å². The van der Waals surface area contributed by atoms with Gasteiger partial charge in [-0.05, 0) is 6.07 Å². The van der Waals surface area contributed by atoms with Crippen LogP contribution in [0.3, 0.4) is 0 Å². The van der Waals surface area contributed by atoms with E-state index >= 15 is 0 Å². The summed E-state index contributed by atoms with van der Waals surface area (Å²) in [6.45, 7) is 0.125. The number of halogens is 1. The summed E-state index contributed by atoms with van der Waals surface area (Å²) in [6, 6.07) is 2.66. The highest BCUT2D eigenvalue weighted by molar-refractivity contribution is 5.90. The molecule has 0 N–H and O–H groups in total. The molecule has 92 valence electrons. The lowest BCUT2D eigenvalue weighted by molar-refractivity contribution is -0.384. The van der Waals surface area contributed by atoms with E-state index in [1.807, 2.05) is 0 Å². The van der Waals surface area contributed by atoms with Crippen molar-refractivity contribution >= 4 is 11.7 Å². The lowest BCUT2D eigenvalue weighted by Gasteiger charge is -2.04. The van der Waals surface area contributed by atoms with Crippen molar-refractivity contribution in [1.82, 2.24) is 0 Å². The first-order valence-corrected chi connectivity index (χ1v) is 4.66. The van der Waals surface area contributed by atoms with Crippen molar-refractivity contribution in [1.29, 1.82) is 0 Å². The van der Waals surface area contributed by atoms with E-state index < -0.39 is 22.3 Å². The zero-order chi connectivity index (χ0) is 12.8. The van der Waals surface area contributed by atoms with E-state index in [4.69, 9.17) is 0 Å². The molecule has 0 amide bonds. The lowest BCUT2D eigenvalue weighted by atomic mass is 10.2. The Balaban J connectivity index is 2.84. The number of hydrogen-bond acceptors (Lipinski definition) is 5. The summed E-state index contributed by atoms with van der Waals surface area (Å²) in [6.07, 6.45) is 0. The van der Waals surface area contributed by atoms with Crippen LogP contribution in [0.2, 0.25) is 0 Å². The average molecular weight is 243 g/mol. The molecule has 0 saturated heterocycles. The van der Waals surface area contributed by atoms with Crippen molar-refractivity contribution in [2.75, 3.05) is 20.3 Å². The standard InChI is InChI=1S/C10H10FNO5/c1-16-4-5-17-10(13)8-6-7(12(14)15)2-3-9(8)11/h2-3,6H,4-5H2,1H3. The van der Waals surface area contributed by atoms with Gasteiger partial charge in [-0.3, -0.25) is 10.1 Å². The quantitative estimate of drug-likeness (QED) is 0.339. The second-order valence-electron chi connectivity index (χ2n) is 3.05. The second-order valence-corrected chi connectivity index (χ2v) is 3.05. The zero-order valence-electron chi connectivity index (χ0n) is 9.01. The number of carbonyl (C=O) groups excluding carboxylic acids is 1. The van der Waals surface area contributed by atoms with Gasteiger partial charge in [-0.2, -0.15) is 0 Å². The molecule has 0 bridgehead atoms. The molecule has 0 spiro atoms. The number of nitrogens with zero attached hydrogens (tertiary/aromatic N) is 1. The maximum Gasteiger partial charge on any atom is 0.341 e. The van der Waals surface area contributed by atoms with Crippen LogP contribution < -0.4 is 0 Å². The van der Waals surface area contributed by atoms with E-state index in [9.17, 15) is 19.3 Å². The summed E-state index contributed by atoms with van der Waals surface area (Å²) in [5.74, 6) is -1.82. The van der Waals surface area contributed by atoms with Gasteiger partial charge >= 0.3 is 5.97 Å². The Morgan fingerprint density at radius 1 is 1.47 bits per heavy atom. The lowest BCUT2D eigenvalue weighted by Crippen LogP contribution is -2.11. The van der Waals surface area contributed by atoms with E-state index in [-0.39, 0.29) is 18.9 Å². The van der Waals surface area contributed by atoms with Crippen molar-refractivity contribution in [3.8, 4) is 0 Å². The van der Waals surface area contributed by atoms with Crippen molar-refractivity contribution in [3.05, 3.63) is 39.7 Å². The fourth-order valence-electron chi connectivity index (χ4n) is 1.08. The molecule has 1 aromatic rings. The van der Waals surface area contributed by atoms with Crippen LogP contribution in [0.15, 0.2) is 18.2 Å². The molecule has 0 aliphatic heterocycles. The van der Waals surface area contributed by atoms with Crippen LogP contribution in [0.4, 0.5) is 10.1 Å². The maximum atomic E-state index is 13.2. The maximum absolute atomic E-state index is 13.2. The first-order chi connectivity index (χ1) is 8.06. The van der Waals surface area contributed by atoms with Crippen LogP contribution in [0.5, 0.6) is 0 Å². The first-order valence-electron chi connectivity index (χ1n) is 4.66. The minimum atomic E-state index is -0.955. The van der Waals surface area contributed by atoms with E-state index in [1.165, 1.54) is 7.11 Å². The highest BCUT2D eigenvalue weighted by atomic mass is 19.1. The summed E-state index contributed by atoms with van der Waals surface area (Å²) in [5, 5.41) is 10.5. The molecule has 0 aliphatic rings. The predicted octanol–water partition coefficient (Wildman–Crippen LogP) is 1.54. The molecular weight excluding hydrogens is 233 g/mol. The first kappa shape index (κ1) is 13.0. The molecular formula is C10H10FNO5. The third-order valence-corrected chi connectivity index (χ3v) is 1.90. The normalized spacial score (nSPS) is 10.0. The molecule has 0 saturated carbocycles. The third kappa shape index (κ3) is 3.49. The summed E-state index contributed by atoms with van der Waals surface area (Å²) < 4.78 is 22.5. The topological polar surface area (TPSA) is 78.7 Å². The Hall–Kier alpha value is -2.02. The fourth-order valence-corrected chi connectivity index (χ4v) is 1.08. The van der Waals surface area contributed by atoms with E-state index in [1.54, 1.807) is 0 Å². The SMILES string of the molecule is COCCOC(=O)c1cc([N+](=O)[O-])ccc1F. The number of nitro groups is 1. The summed E-state index contributed by atoms with van der Waals surface area (Å²) in [4.78, 5) is 21.1. The number of benzene rings is 1. The van der Waals surface area contributed by atoms with Gasteiger partial charge in [-0.1, -0.05) is 0 Å². The molecule has 0 unspecified atom stereocenters. The van der Waals surface area contributed by atoms with Gasteiger partial charge in [0.05, 0.1) is 11.5 Å². The van der Waals surface area contributed by atoms with Crippen LogP contribution in [0.25, 0.3) is 0 Å². The van der Waals surface area contributed by atoms with Crippen molar-refractivity contribution < 1.29 is 23.6 Å². The number of non-ortho nitro benzene ring substituents is 1.